The van der Waals surface area contributed by atoms with Crippen LogP contribution >= 0.6 is 46.4 Å². The van der Waals surface area contributed by atoms with Crippen LogP contribution in [-0.4, -0.2) is 146 Å². The van der Waals surface area contributed by atoms with Gasteiger partial charge in [0.05, 0.1) is 39.1 Å². The Hall–Kier alpha value is -3.68. The second-order valence-electron chi connectivity index (χ2n) is 16.6. The molecule has 0 aliphatic carbocycles. The minimum Gasteiger partial charge on any atom is -0.870 e. The van der Waals surface area contributed by atoms with E-state index >= 15 is 0 Å². The van der Waals surface area contributed by atoms with E-state index in [1.54, 1.807) is 97.7 Å². The predicted octanol–water partition coefficient (Wildman–Crippen LogP) is 5.05. The van der Waals surface area contributed by atoms with Crippen LogP contribution in [0.25, 0.3) is 0 Å². The van der Waals surface area contributed by atoms with Crippen LogP contribution in [0.2, 0.25) is 0 Å². The van der Waals surface area contributed by atoms with E-state index in [0.29, 0.717) is 71.4 Å². The molecule has 24 nitrogen and oxygen atoms in total. The fourth-order valence-electron chi connectivity index (χ4n) is 4.85. The zero-order chi connectivity index (χ0) is 66.1. The number of para-hydroxylation sites is 4. The number of aliphatic imine (C=N–C) groups is 4. The van der Waals surface area contributed by atoms with Crippen LogP contribution in [0.1, 0.15) is 49.9 Å². The largest absolute Gasteiger partial charge is 3.00 e. The summed E-state index contributed by atoms with van der Waals surface area (Å²) in [4.78, 5) is 17.5. The van der Waals surface area contributed by atoms with Crippen molar-refractivity contribution in [3.05, 3.63) is 95.1 Å². The van der Waals surface area contributed by atoms with Crippen LogP contribution in [0.3, 0.4) is 0 Å². The Morgan fingerprint density at radius 2 is 0.544 bits per heavy atom. The average molecular weight is 1620 g/mol. The van der Waals surface area contributed by atoms with Gasteiger partial charge in [0, 0.05) is 61.9 Å². The summed E-state index contributed by atoms with van der Waals surface area (Å²) in [5.41, 5.74) is -15.4. The molecule has 0 saturated heterocycles. The van der Waals surface area contributed by atoms with Gasteiger partial charge in [0.2, 0.25) is 0 Å². The fourth-order valence-corrected chi connectivity index (χ4v) is 4.85. The van der Waals surface area contributed by atoms with E-state index in [1.807, 2.05) is 27.7 Å². The van der Waals surface area contributed by atoms with Gasteiger partial charge in [-0.15, -0.1) is 46.4 Å². The molecule has 0 saturated carbocycles. The van der Waals surface area contributed by atoms with Gasteiger partial charge in [-0.3, -0.25) is 20.0 Å². The molecule has 0 bridgehead atoms. The summed E-state index contributed by atoms with van der Waals surface area (Å²) in [7, 11) is -12.4. The summed E-state index contributed by atoms with van der Waals surface area (Å²) < 4.78 is 197. The first kappa shape index (κ1) is 105. The van der Waals surface area contributed by atoms with Gasteiger partial charge < -0.3 is 69.5 Å². The van der Waals surface area contributed by atoms with E-state index in [1.165, 1.54) is 28.4 Å². The molecule has 4 rings (SSSR count). The van der Waals surface area contributed by atoms with Crippen molar-refractivity contribution in [3.63, 3.8) is 0 Å². The Balaban J connectivity index is -0.000000138. The number of ether oxygens (including phenoxy) is 4. The Labute approximate surface area is 581 Å². The molecule has 0 aliphatic rings. The molecule has 0 atom stereocenters. The molecule has 0 amide bonds. The Morgan fingerprint density at radius 1 is 0.411 bits per heavy atom. The minimum atomic E-state index is -6.09. The molecule has 0 heterocycles. The van der Waals surface area contributed by atoms with Crippen LogP contribution in [-0.2, 0) is 115 Å². The third kappa shape index (κ3) is 44.0. The van der Waals surface area contributed by atoms with Crippen molar-refractivity contribution in [2.45, 2.75) is 44.2 Å². The Morgan fingerprint density at radius 3 is 0.656 bits per heavy atom. The molecule has 90 heavy (non-hydrogen) atoms. The number of halogens is 13. The number of benzene rings is 4. The number of hydrogen-bond acceptors (Lipinski definition) is 21. The van der Waals surface area contributed by atoms with Gasteiger partial charge in [-0.2, -0.15) is 39.5 Å². The van der Waals surface area contributed by atoms with Gasteiger partial charge in [0.15, 0.2) is 30.4 Å². The van der Waals surface area contributed by atoms with Crippen molar-refractivity contribution >= 4 is 102 Å². The van der Waals surface area contributed by atoms with Crippen molar-refractivity contribution in [2.75, 3.05) is 65.3 Å². The molecule has 0 aromatic heterocycles. The van der Waals surface area contributed by atoms with E-state index in [-0.39, 0.29) is 130 Å². The molecule has 0 aliphatic heterocycles. The van der Waals surface area contributed by atoms with Gasteiger partial charge in [0.1, 0.15) is 23.0 Å². The monoisotopic (exact) mass is 1620 g/mol. The van der Waals surface area contributed by atoms with Gasteiger partial charge >= 0.3 is 85.2 Å². The molecule has 510 valence electrons. The molecule has 4 aromatic rings. The molecule has 4 aromatic carbocycles. The smallest absolute Gasteiger partial charge is 0.870 e. The number of methoxy groups -OCH3 is 4. The summed E-state index contributed by atoms with van der Waals surface area (Å²) in [6.45, 7) is 10.0. The fraction of sp³-hybridized carbons (Fsp3) is 0.404. The second-order valence-corrected chi connectivity index (χ2v) is 22.4. The SMILES string of the molecule is COc1cccc(C=NCC(C)(C)CN=Cc2cccc(OC)c2[O-])c1[O-].COc1cccc(C=NCC(C)(C)CN=Cc2cccc(OC)c2[O-])c1[O-].ClCCl.ClCCl.O=S(=O)([O-])C(F)(F)F.O=S(=O)([O-])C(F)(F)F.O=S(=O)([O-])C(F)(F)F.[Ni+2].[OH3+].[OH3+].[OH3+].[Y+3].[Zn+2]. The average Bonchev–Trinajstić information content (AvgIpc) is 3.35. The van der Waals surface area contributed by atoms with E-state index in [0.717, 1.165) is 0 Å². The molecule has 0 radical (unpaired) electrons. The number of rotatable bonds is 16. The maximum atomic E-state index is 12.1. The van der Waals surface area contributed by atoms with E-state index in [4.69, 9.17) is 104 Å². The predicted molar refractivity (Wildman–Crippen MR) is 302 cm³/mol. The van der Waals surface area contributed by atoms with Gasteiger partial charge in [-0.25, -0.2) is 25.3 Å². The van der Waals surface area contributed by atoms with Gasteiger partial charge in [-0.1, -0.05) is 99.2 Å². The summed E-state index contributed by atoms with van der Waals surface area (Å²) in [5, 5.41) is 48.7. The Kier molecular flexibility index (Phi) is 58.2. The molecule has 43 heteroatoms. The zero-order valence-corrected chi connectivity index (χ0v) is 60.4. The zero-order valence-electron chi connectivity index (χ0n) is 48.2. The number of hydrogen-bond donors (Lipinski definition) is 0. The normalized spacial score (nSPS) is 11.3. The maximum absolute atomic E-state index is 12.1. The van der Waals surface area contributed by atoms with Crippen molar-refractivity contribution in [2.24, 2.45) is 30.8 Å². The summed E-state index contributed by atoms with van der Waals surface area (Å²) in [5.74, 6) is 0.482. The first-order chi connectivity index (χ1) is 38.3. The van der Waals surface area contributed by atoms with Crippen molar-refractivity contribution in [1.29, 1.82) is 0 Å². The number of alkyl halides is 13. The van der Waals surface area contributed by atoms with Crippen LogP contribution in [0.5, 0.6) is 46.0 Å². The molecule has 0 spiro atoms. The van der Waals surface area contributed by atoms with Gasteiger partial charge in [0.25, 0.3) is 0 Å². The third-order valence-electron chi connectivity index (χ3n) is 8.77. The maximum Gasteiger partial charge on any atom is 3.00 e. The second kappa shape index (κ2) is 49.8. The van der Waals surface area contributed by atoms with Crippen molar-refractivity contribution in [3.8, 4) is 46.0 Å². The summed E-state index contributed by atoms with van der Waals surface area (Å²) in [6.07, 6.45) is 6.25. The van der Waals surface area contributed by atoms with Crippen LogP contribution < -0.4 is 39.4 Å². The first-order valence-electron chi connectivity index (χ1n) is 22.0. The van der Waals surface area contributed by atoms with Crippen molar-refractivity contribution < 1.29 is 203 Å². The van der Waals surface area contributed by atoms with Crippen molar-refractivity contribution in [1.82, 2.24) is 0 Å². The Bertz CT molecular complexity index is 2740. The standard InChI is InChI=1S/2C21H26N2O4.2CH2Cl2.3CHF3O3S.Ni.3H2O.Y.Zn/c2*1-21(2,13-22-11-15-7-5-9-17(26-3)19(15)24)14-23-12-16-8-6-10-18(27-4)20(16)25;2*2-1-3;3*2-1(3,4)8(5,6)7;;;;;;/h2*5-12,24-25H,13-14H2,1-4H3;2*1H2;3*(H,5,6,7);;3*1H2;;/q;;;;;;;+2;;;;+3;+2/p-4. The molecule has 9 N–H and O–H groups in total. The summed E-state index contributed by atoms with van der Waals surface area (Å²) >= 11 is 19.1. The number of nitrogens with zero attached hydrogens (tertiary/aromatic N) is 4. The van der Waals surface area contributed by atoms with Crippen LogP contribution in [0.4, 0.5) is 39.5 Å². The first-order valence-corrected chi connectivity index (χ1v) is 28.4. The molecular weight excluding hydrogens is 1560 g/mol. The molecule has 0 fully saturated rings. The third-order valence-corrected chi connectivity index (χ3v) is 10.5. The van der Waals surface area contributed by atoms with Gasteiger partial charge in [-0.05, 0) is 46.5 Å². The summed E-state index contributed by atoms with van der Waals surface area (Å²) in [6, 6.07) is 20.4. The van der Waals surface area contributed by atoms with E-state index in [9.17, 15) is 59.9 Å². The minimum absolute atomic E-state index is 0. The van der Waals surface area contributed by atoms with E-state index < -0.39 is 46.9 Å². The molecule has 0 unspecified atom stereocenters. The van der Waals surface area contributed by atoms with Crippen LogP contribution in [0.15, 0.2) is 92.8 Å². The molecular formula is C47H61Cl4F9N4NiO20S3YZn+3. The van der Waals surface area contributed by atoms with E-state index in [2.05, 4.69) is 20.0 Å². The quantitative estimate of drug-likeness (QED) is 0.0269. The van der Waals surface area contributed by atoms with Crippen LogP contribution in [0, 0.1) is 10.8 Å². The topological polar surface area (TPSA) is 449 Å².